The van der Waals surface area contributed by atoms with Crippen molar-refractivity contribution in [2.45, 2.75) is 90.6 Å². The van der Waals surface area contributed by atoms with Gasteiger partial charge in [0.15, 0.2) is 5.79 Å². The number of hydrogen-bond acceptors (Lipinski definition) is 2. The van der Waals surface area contributed by atoms with Crippen LogP contribution in [0.2, 0.25) is 0 Å². The van der Waals surface area contributed by atoms with E-state index >= 15 is 0 Å². The second-order valence-electron chi connectivity index (χ2n) is 8.35. The Labute approximate surface area is 136 Å². The first-order valence-corrected chi connectivity index (χ1v) is 9.02. The van der Waals surface area contributed by atoms with Gasteiger partial charge in [0.25, 0.3) is 0 Å². The van der Waals surface area contributed by atoms with E-state index in [0.29, 0.717) is 11.8 Å². The van der Waals surface area contributed by atoms with Gasteiger partial charge < -0.3 is 9.47 Å². The standard InChI is InChI=1S/C20H32O2/c1-14-7-6-8-15(2)13-18-17(10-9-14)16(3)20(21-18)12-11-19(4,5)22-20/h7,13,16-18H,6,8-12H2,1-5H3/b14-7+,15-13+/t16-,17-,18-,20+/m1/s1. The molecule has 1 spiro atoms. The predicted molar refractivity (Wildman–Crippen MR) is 90.6 cm³/mol. The Morgan fingerprint density at radius 1 is 1.09 bits per heavy atom. The Morgan fingerprint density at radius 2 is 1.86 bits per heavy atom. The smallest absolute Gasteiger partial charge is 0.172 e. The lowest BCUT2D eigenvalue weighted by molar-refractivity contribution is -0.245. The van der Waals surface area contributed by atoms with Crippen molar-refractivity contribution >= 4 is 0 Å². The zero-order valence-corrected chi connectivity index (χ0v) is 14.9. The molecule has 2 heterocycles. The molecule has 0 amide bonds. The van der Waals surface area contributed by atoms with Gasteiger partial charge in [0.05, 0.1) is 11.7 Å². The molecule has 0 aromatic heterocycles. The Bertz CT molecular complexity index is 488. The van der Waals surface area contributed by atoms with Crippen LogP contribution in [0.3, 0.4) is 0 Å². The van der Waals surface area contributed by atoms with Gasteiger partial charge in [-0.1, -0.05) is 30.2 Å². The van der Waals surface area contributed by atoms with Crippen molar-refractivity contribution < 1.29 is 9.47 Å². The van der Waals surface area contributed by atoms with E-state index in [9.17, 15) is 0 Å². The highest BCUT2D eigenvalue weighted by atomic mass is 16.7. The fourth-order valence-electron chi connectivity index (χ4n) is 4.46. The highest BCUT2D eigenvalue weighted by Gasteiger charge is 2.57. The molecule has 0 saturated carbocycles. The van der Waals surface area contributed by atoms with E-state index < -0.39 is 0 Å². The van der Waals surface area contributed by atoms with Crippen LogP contribution in [0.15, 0.2) is 23.3 Å². The minimum Gasteiger partial charge on any atom is -0.344 e. The van der Waals surface area contributed by atoms with Crippen LogP contribution < -0.4 is 0 Å². The average molecular weight is 304 g/mol. The number of rotatable bonds is 0. The molecule has 124 valence electrons. The van der Waals surface area contributed by atoms with E-state index in [1.165, 1.54) is 24.0 Å². The largest absolute Gasteiger partial charge is 0.344 e. The molecule has 2 nitrogen and oxygen atoms in total. The maximum absolute atomic E-state index is 6.58. The van der Waals surface area contributed by atoms with E-state index in [1.807, 2.05) is 0 Å². The van der Waals surface area contributed by atoms with Gasteiger partial charge in [-0.05, 0) is 65.7 Å². The number of allylic oxidation sites excluding steroid dienone is 3. The van der Waals surface area contributed by atoms with Crippen LogP contribution in [-0.2, 0) is 9.47 Å². The average Bonchev–Trinajstić information content (AvgIpc) is 2.86. The van der Waals surface area contributed by atoms with Gasteiger partial charge in [-0.25, -0.2) is 0 Å². The molecule has 22 heavy (non-hydrogen) atoms. The van der Waals surface area contributed by atoms with Crippen molar-refractivity contribution in [3.8, 4) is 0 Å². The molecule has 0 bridgehead atoms. The Kier molecular flexibility index (Phi) is 4.28. The highest BCUT2D eigenvalue weighted by Crippen LogP contribution is 2.53. The predicted octanol–water partition coefficient (Wildman–Crippen LogP) is 5.39. The molecular formula is C20H32O2. The van der Waals surface area contributed by atoms with Crippen molar-refractivity contribution in [1.82, 2.24) is 0 Å². The van der Waals surface area contributed by atoms with Crippen LogP contribution in [0.5, 0.6) is 0 Å². The zero-order valence-electron chi connectivity index (χ0n) is 14.9. The zero-order chi connectivity index (χ0) is 16.0. The fourth-order valence-corrected chi connectivity index (χ4v) is 4.46. The molecule has 0 N–H and O–H groups in total. The SMILES string of the molecule is C/C1=C\[C@H]2O[C@]3(CCC(C)(C)O3)[C@H](C)[C@H]2CC/C(C)=C/CC1. The molecule has 0 unspecified atom stereocenters. The monoisotopic (exact) mass is 304 g/mol. The summed E-state index contributed by atoms with van der Waals surface area (Å²) < 4.78 is 13.0. The maximum atomic E-state index is 6.58. The summed E-state index contributed by atoms with van der Waals surface area (Å²) in [6, 6.07) is 0. The van der Waals surface area contributed by atoms with Crippen LogP contribution in [0.4, 0.5) is 0 Å². The summed E-state index contributed by atoms with van der Waals surface area (Å²) in [4.78, 5) is 0. The molecule has 2 fully saturated rings. The van der Waals surface area contributed by atoms with Crippen molar-refractivity contribution in [3.63, 3.8) is 0 Å². The van der Waals surface area contributed by atoms with E-state index in [0.717, 1.165) is 25.7 Å². The second kappa shape index (κ2) is 5.79. The Balaban J connectivity index is 1.87. The van der Waals surface area contributed by atoms with Crippen molar-refractivity contribution in [2.75, 3.05) is 0 Å². The summed E-state index contributed by atoms with van der Waals surface area (Å²) in [5.41, 5.74) is 2.95. The molecular weight excluding hydrogens is 272 g/mol. The van der Waals surface area contributed by atoms with E-state index in [1.54, 1.807) is 0 Å². The van der Waals surface area contributed by atoms with Crippen LogP contribution in [0.25, 0.3) is 0 Å². The summed E-state index contributed by atoms with van der Waals surface area (Å²) in [7, 11) is 0. The lowest BCUT2D eigenvalue weighted by Gasteiger charge is -2.31. The van der Waals surface area contributed by atoms with Crippen LogP contribution in [-0.4, -0.2) is 17.5 Å². The molecule has 1 aliphatic carbocycles. The third kappa shape index (κ3) is 3.05. The van der Waals surface area contributed by atoms with Crippen LogP contribution in [0.1, 0.15) is 73.1 Å². The molecule has 2 saturated heterocycles. The molecule has 0 radical (unpaired) electrons. The van der Waals surface area contributed by atoms with Crippen LogP contribution >= 0.6 is 0 Å². The Hall–Kier alpha value is -0.600. The van der Waals surface area contributed by atoms with Gasteiger partial charge >= 0.3 is 0 Å². The first-order valence-electron chi connectivity index (χ1n) is 9.02. The molecule has 2 aliphatic heterocycles. The fraction of sp³-hybridized carbons (Fsp3) is 0.800. The molecule has 3 rings (SSSR count). The Morgan fingerprint density at radius 3 is 2.55 bits per heavy atom. The molecule has 2 heteroatoms. The number of fused-ring (bicyclic) bond motifs is 1. The minimum atomic E-state index is -0.346. The lowest BCUT2D eigenvalue weighted by atomic mass is 9.81. The van der Waals surface area contributed by atoms with Gasteiger partial charge in [0.2, 0.25) is 0 Å². The summed E-state index contributed by atoms with van der Waals surface area (Å²) >= 11 is 0. The molecule has 3 aliphatic rings. The van der Waals surface area contributed by atoms with Crippen LogP contribution in [0, 0.1) is 11.8 Å². The van der Waals surface area contributed by atoms with Gasteiger partial charge in [-0.2, -0.15) is 0 Å². The first-order chi connectivity index (χ1) is 10.3. The van der Waals surface area contributed by atoms with Gasteiger partial charge in [0, 0.05) is 12.3 Å². The van der Waals surface area contributed by atoms with Gasteiger partial charge in [-0.15, -0.1) is 0 Å². The van der Waals surface area contributed by atoms with Gasteiger partial charge in [0.1, 0.15) is 0 Å². The summed E-state index contributed by atoms with van der Waals surface area (Å²) in [6.45, 7) is 11.3. The van der Waals surface area contributed by atoms with Crippen molar-refractivity contribution in [2.24, 2.45) is 11.8 Å². The normalized spacial score (nSPS) is 46.7. The summed E-state index contributed by atoms with van der Waals surface area (Å²) in [5, 5.41) is 0. The number of ether oxygens (including phenoxy) is 2. The molecule has 4 atom stereocenters. The first kappa shape index (κ1) is 16.3. The lowest BCUT2D eigenvalue weighted by Crippen LogP contribution is -2.37. The van der Waals surface area contributed by atoms with Gasteiger partial charge in [-0.3, -0.25) is 0 Å². The highest BCUT2D eigenvalue weighted by molar-refractivity contribution is 5.13. The van der Waals surface area contributed by atoms with E-state index in [4.69, 9.17) is 9.47 Å². The number of hydrogen-bond donors (Lipinski definition) is 0. The molecule has 0 aromatic carbocycles. The molecule has 0 aromatic rings. The second-order valence-corrected chi connectivity index (χ2v) is 8.35. The van der Waals surface area contributed by atoms with Crippen molar-refractivity contribution in [1.29, 1.82) is 0 Å². The van der Waals surface area contributed by atoms with Crippen molar-refractivity contribution in [3.05, 3.63) is 23.3 Å². The maximum Gasteiger partial charge on any atom is 0.172 e. The summed E-state index contributed by atoms with van der Waals surface area (Å²) in [5.74, 6) is 0.697. The topological polar surface area (TPSA) is 18.5 Å². The quantitative estimate of drug-likeness (QED) is 0.559. The summed E-state index contributed by atoms with van der Waals surface area (Å²) in [6.07, 6.45) is 11.9. The minimum absolute atomic E-state index is 0.0454. The van der Waals surface area contributed by atoms with E-state index in [-0.39, 0.29) is 17.5 Å². The van der Waals surface area contributed by atoms with E-state index in [2.05, 4.69) is 46.8 Å². The third-order valence-electron chi connectivity index (χ3n) is 5.97. The third-order valence-corrected chi connectivity index (χ3v) is 5.97.